The molecule has 0 aromatic carbocycles. The molecular weight excluding hydrogens is 236 g/mol. The molecule has 0 spiro atoms. The number of nitrogens with one attached hydrogen (secondary N) is 1. The van der Waals surface area contributed by atoms with E-state index in [0.717, 1.165) is 31.0 Å². The van der Waals surface area contributed by atoms with E-state index in [0.29, 0.717) is 6.10 Å². The van der Waals surface area contributed by atoms with Gasteiger partial charge in [0.15, 0.2) is 0 Å². The van der Waals surface area contributed by atoms with Crippen LogP contribution in [0.5, 0.6) is 0 Å². The molecular formula is C16H32N2O. The van der Waals surface area contributed by atoms with Crippen molar-refractivity contribution in [1.29, 1.82) is 0 Å². The summed E-state index contributed by atoms with van der Waals surface area (Å²) >= 11 is 0. The quantitative estimate of drug-likeness (QED) is 0.801. The fraction of sp³-hybridized carbons (Fsp3) is 1.00. The highest BCUT2D eigenvalue weighted by atomic mass is 16.5. The van der Waals surface area contributed by atoms with Crippen LogP contribution in [0.25, 0.3) is 0 Å². The topological polar surface area (TPSA) is 24.5 Å². The van der Waals surface area contributed by atoms with E-state index in [1.165, 1.54) is 45.3 Å². The van der Waals surface area contributed by atoms with Crippen molar-refractivity contribution in [3.05, 3.63) is 0 Å². The van der Waals surface area contributed by atoms with Gasteiger partial charge in [0.1, 0.15) is 0 Å². The highest BCUT2D eigenvalue weighted by molar-refractivity contribution is 4.82. The second-order valence-corrected chi connectivity index (χ2v) is 6.74. The third-order valence-corrected chi connectivity index (χ3v) is 4.63. The molecule has 19 heavy (non-hydrogen) atoms. The van der Waals surface area contributed by atoms with E-state index in [-0.39, 0.29) is 0 Å². The van der Waals surface area contributed by atoms with E-state index < -0.39 is 0 Å². The van der Waals surface area contributed by atoms with Gasteiger partial charge in [-0.05, 0) is 50.6 Å². The normalized spacial score (nSPS) is 30.3. The third-order valence-electron chi connectivity index (χ3n) is 4.63. The van der Waals surface area contributed by atoms with Crippen LogP contribution >= 0.6 is 0 Å². The van der Waals surface area contributed by atoms with Crippen molar-refractivity contribution < 1.29 is 4.74 Å². The summed E-state index contributed by atoms with van der Waals surface area (Å²) in [5.41, 5.74) is 0. The number of ether oxygens (including phenoxy) is 1. The van der Waals surface area contributed by atoms with Gasteiger partial charge in [0.2, 0.25) is 0 Å². The summed E-state index contributed by atoms with van der Waals surface area (Å²) in [6.45, 7) is 12.8. The van der Waals surface area contributed by atoms with Crippen molar-refractivity contribution in [1.82, 2.24) is 10.2 Å². The van der Waals surface area contributed by atoms with E-state index in [1.807, 2.05) is 0 Å². The SMILES string of the molecule is CCC1OCCC1CNC1CCN(CC(C)C)CC1. The second-order valence-electron chi connectivity index (χ2n) is 6.74. The zero-order valence-corrected chi connectivity index (χ0v) is 13.0. The van der Waals surface area contributed by atoms with E-state index >= 15 is 0 Å². The Labute approximate surface area is 119 Å². The van der Waals surface area contributed by atoms with Crippen LogP contribution in [0, 0.1) is 11.8 Å². The number of hydrogen-bond acceptors (Lipinski definition) is 3. The Bertz CT molecular complexity index is 249. The molecule has 1 N–H and O–H groups in total. The Hall–Kier alpha value is -0.120. The molecule has 3 nitrogen and oxygen atoms in total. The Morgan fingerprint density at radius 2 is 1.95 bits per heavy atom. The van der Waals surface area contributed by atoms with Crippen LogP contribution in [0.2, 0.25) is 0 Å². The minimum Gasteiger partial charge on any atom is -0.378 e. The van der Waals surface area contributed by atoms with Crippen molar-refractivity contribution in [3.63, 3.8) is 0 Å². The molecule has 2 aliphatic rings. The lowest BCUT2D eigenvalue weighted by Gasteiger charge is -2.34. The van der Waals surface area contributed by atoms with E-state index in [2.05, 4.69) is 31.0 Å². The summed E-state index contributed by atoms with van der Waals surface area (Å²) < 4.78 is 5.77. The zero-order chi connectivity index (χ0) is 13.7. The summed E-state index contributed by atoms with van der Waals surface area (Å²) in [7, 11) is 0. The van der Waals surface area contributed by atoms with Gasteiger partial charge in [0.25, 0.3) is 0 Å². The smallest absolute Gasteiger partial charge is 0.0613 e. The molecule has 0 aromatic rings. The van der Waals surface area contributed by atoms with E-state index in [4.69, 9.17) is 4.74 Å². The molecule has 2 unspecified atom stereocenters. The Kier molecular flexibility index (Phi) is 6.11. The lowest BCUT2D eigenvalue weighted by atomic mass is 9.97. The molecule has 0 aromatic heterocycles. The summed E-state index contributed by atoms with van der Waals surface area (Å²) in [6.07, 6.45) is 5.55. The van der Waals surface area contributed by atoms with E-state index in [1.54, 1.807) is 0 Å². The summed E-state index contributed by atoms with van der Waals surface area (Å²) in [4.78, 5) is 2.62. The number of rotatable bonds is 6. The molecule has 0 aliphatic carbocycles. The number of likely N-dealkylation sites (tertiary alicyclic amines) is 1. The van der Waals surface area contributed by atoms with Gasteiger partial charge < -0.3 is 15.0 Å². The fourth-order valence-corrected chi connectivity index (χ4v) is 3.53. The van der Waals surface area contributed by atoms with Crippen LogP contribution in [0.15, 0.2) is 0 Å². The lowest BCUT2D eigenvalue weighted by molar-refractivity contribution is 0.0853. The lowest BCUT2D eigenvalue weighted by Crippen LogP contribution is -2.45. The predicted octanol–water partition coefficient (Wildman–Crippen LogP) is 2.51. The van der Waals surface area contributed by atoms with Gasteiger partial charge in [0.05, 0.1) is 6.10 Å². The first-order valence-electron chi connectivity index (χ1n) is 8.26. The Balaban J connectivity index is 1.63. The summed E-state index contributed by atoms with van der Waals surface area (Å²) in [6, 6.07) is 0.738. The van der Waals surface area contributed by atoms with Crippen molar-refractivity contribution in [3.8, 4) is 0 Å². The molecule has 3 heteroatoms. The van der Waals surface area contributed by atoms with E-state index in [9.17, 15) is 0 Å². The van der Waals surface area contributed by atoms with Crippen LogP contribution in [0.3, 0.4) is 0 Å². The maximum Gasteiger partial charge on any atom is 0.0613 e. The first kappa shape index (κ1) is 15.3. The molecule has 0 radical (unpaired) electrons. The highest BCUT2D eigenvalue weighted by Gasteiger charge is 2.27. The van der Waals surface area contributed by atoms with Crippen molar-refractivity contribution in [2.75, 3.05) is 32.8 Å². The molecule has 2 atom stereocenters. The van der Waals surface area contributed by atoms with Gasteiger partial charge in [-0.25, -0.2) is 0 Å². The predicted molar refractivity (Wildman–Crippen MR) is 80.4 cm³/mol. The van der Waals surface area contributed by atoms with Crippen molar-refractivity contribution >= 4 is 0 Å². The van der Waals surface area contributed by atoms with Gasteiger partial charge in [-0.15, -0.1) is 0 Å². The number of piperidine rings is 1. The zero-order valence-electron chi connectivity index (χ0n) is 13.0. The third kappa shape index (κ3) is 4.73. The maximum absolute atomic E-state index is 5.77. The molecule has 2 heterocycles. The monoisotopic (exact) mass is 268 g/mol. The van der Waals surface area contributed by atoms with Gasteiger partial charge in [-0.2, -0.15) is 0 Å². The Morgan fingerprint density at radius 1 is 1.21 bits per heavy atom. The van der Waals surface area contributed by atoms with Crippen molar-refractivity contribution in [2.24, 2.45) is 11.8 Å². The van der Waals surface area contributed by atoms with Crippen molar-refractivity contribution in [2.45, 2.75) is 58.6 Å². The number of hydrogen-bond donors (Lipinski definition) is 1. The summed E-state index contributed by atoms with van der Waals surface area (Å²) in [5, 5.41) is 3.80. The second kappa shape index (κ2) is 7.61. The molecule has 0 bridgehead atoms. The first-order valence-corrected chi connectivity index (χ1v) is 8.26. The van der Waals surface area contributed by atoms with Crippen LogP contribution in [0.4, 0.5) is 0 Å². The molecule has 112 valence electrons. The van der Waals surface area contributed by atoms with Gasteiger partial charge in [-0.1, -0.05) is 20.8 Å². The first-order chi connectivity index (χ1) is 9.19. The Morgan fingerprint density at radius 3 is 2.58 bits per heavy atom. The van der Waals surface area contributed by atoms with Crippen LogP contribution in [0.1, 0.15) is 46.5 Å². The summed E-state index contributed by atoms with van der Waals surface area (Å²) in [5.74, 6) is 1.55. The highest BCUT2D eigenvalue weighted by Crippen LogP contribution is 2.23. The molecule has 2 aliphatic heterocycles. The van der Waals surface area contributed by atoms with Gasteiger partial charge in [0, 0.05) is 25.7 Å². The molecule has 0 saturated carbocycles. The minimum absolute atomic E-state index is 0.508. The average Bonchev–Trinajstić information content (AvgIpc) is 2.84. The maximum atomic E-state index is 5.77. The minimum atomic E-state index is 0.508. The number of nitrogens with zero attached hydrogens (tertiary/aromatic N) is 1. The largest absolute Gasteiger partial charge is 0.378 e. The average molecular weight is 268 g/mol. The fourth-order valence-electron chi connectivity index (χ4n) is 3.53. The van der Waals surface area contributed by atoms with Crippen LogP contribution < -0.4 is 5.32 Å². The van der Waals surface area contributed by atoms with Crippen LogP contribution in [-0.2, 0) is 4.74 Å². The molecule has 2 rings (SSSR count). The van der Waals surface area contributed by atoms with Crippen LogP contribution in [-0.4, -0.2) is 49.8 Å². The van der Waals surface area contributed by atoms with Gasteiger partial charge in [-0.3, -0.25) is 0 Å². The molecule has 2 saturated heterocycles. The molecule has 2 fully saturated rings. The van der Waals surface area contributed by atoms with Gasteiger partial charge >= 0.3 is 0 Å². The molecule has 0 amide bonds. The standard InChI is InChI=1S/C16H32N2O/c1-4-16-14(7-10-19-16)11-17-15-5-8-18(9-6-15)12-13(2)3/h13-17H,4-12H2,1-3H3.